The Labute approximate surface area is 99.9 Å². The molecule has 0 unspecified atom stereocenters. The van der Waals surface area contributed by atoms with E-state index in [-0.39, 0.29) is 11.5 Å². The molecule has 3 heteroatoms. The average Bonchev–Trinajstić information content (AvgIpc) is 2.28. The number of benzene rings is 1. The lowest BCUT2D eigenvalue weighted by Gasteiger charge is -2.00. The van der Waals surface area contributed by atoms with Crippen molar-refractivity contribution in [2.75, 3.05) is 5.88 Å². The smallest absolute Gasteiger partial charge is 0.333 e. The Morgan fingerprint density at radius 1 is 1.38 bits per heavy atom. The van der Waals surface area contributed by atoms with Crippen LogP contribution in [0.4, 0.5) is 0 Å². The highest BCUT2D eigenvalue weighted by Gasteiger charge is 2.07. The molecule has 0 saturated heterocycles. The molecule has 0 fully saturated rings. The molecule has 0 radical (unpaired) electrons. The van der Waals surface area contributed by atoms with Crippen molar-refractivity contribution < 1.29 is 9.90 Å². The number of halogens is 1. The molecule has 16 heavy (non-hydrogen) atoms. The van der Waals surface area contributed by atoms with Crippen molar-refractivity contribution in [3.8, 4) is 0 Å². The lowest BCUT2D eigenvalue weighted by Crippen LogP contribution is -2.03. The molecule has 0 aromatic heterocycles. The standard InChI is InChI=1S/C13H13ClO2/c1-10(12(9-14)13(15)16)7-8-11-5-3-2-4-6-11/h2-8H,9H2,1H3,(H,15,16). The minimum Gasteiger partial charge on any atom is -0.478 e. The number of alkyl halides is 1. The van der Waals surface area contributed by atoms with Crippen LogP contribution in [0, 0.1) is 0 Å². The molecule has 1 N–H and O–H groups in total. The number of allylic oxidation sites excluding steroid dienone is 2. The summed E-state index contributed by atoms with van der Waals surface area (Å²) in [7, 11) is 0. The molecular formula is C13H13ClO2. The van der Waals surface area contributed by atoms with Crippen LogP contribution in [0.1, 0.15) is 12.5 Å². The maximum absolute atomic E-state index is 10.8. The molecule has 1 rings (SSSR count). The maximum atomic E-state index is 10.8. The Hall–Kier alpha value is -1.54. The molecule has 0 aliphatic heterocycles. The third-order valence-electron chi connectivity index (χ3n) is 2.19. The zero-order valence-corrected chi connectivity index (χ0v) is 9.74. The van der Waals surface area contributed by atoms with Crippen LogP contribution in [-0.2, 0) is 4.79 Å². The Balaban J connectivity index is 2.89. The van der Waals surface area contributed by atoms with E-state index in [4.69, 9.17) is 16.7 Å². The summed E-state index contributed by atoms with van der Waals surface area (Å²) in [6.45, 7) is 1.74. The van der Waals surface area contributed by atoms with Crippen LogP contribution in [0.5, 0.6) is 0 Å². The van der Waals surface area contributed by atoms with Gasteiger partial charge in [0.15, 0.2) is 0 Å². The van der Waals surface area contributed by atoms with Crippen molar-refractivity contribution in [3.63, 3.8) is 0 Å². The number of hydrogen-bond acceptors (Lipinski definition) is 1. The maximum Gasteiger partial charge on any atom is 0.333 e. The Morgan fingerprint density at radius 2 is 2.00 bits per heavy atom. The van der Waals surface area contributed by atoms with Gasteiger partial charge in [-0.05, 0) is 18.1 Å². The topological polar surface area (TPSA) is 37.3 Å². The predicted molar refractivity (Wildman–Crippen MR) is 66.5 cm³/mol. The monoisotopic (exact) mass is 236 g/mol. The number of carboxylic acids is 1. The average molecular weight is 237 g/mol. The van der Waals surface area contributed by atoms with Gasteiger partial charge in [0.25, 0.3) is 0 Å². The van der Waals surface area contributed by atoms with Crippen LogP contribution < -0.4 is 0 Å². The van der Waals surface area contributed by atoms with Crippen LogP contribution in [0.2, 0.25) is 0 Å². The van der Waals surface area contributed by atoms with E-state index < -0.39 is 5.97 Å². The molecule has 0 spiro atoms. The molecule has 0 aliphatic rings. The highest BCUT2D eigenvalue weighted by molar-refractivity contribution is 6.22. The summed E-state index contributed by atoms with van der Waals surface area (Å²) in [5.74, 6) is -0.953. The fourth-order valence-corrected chi connectivity index (χ4v) is 1.54. The van der Waals surface area contributed by atoms with Crippen LogP contribution in [-0.4, -0.2) is 17.0 Å². The molecule has 84 valence electrons. The number of rotatable bonds is 4. The predicted octanol–water partition coefficient (Wildman–Crippen LogP) is 3.34. The van der Waals surface area contributed by atoms with Gasteiger partial charge in [0.2, 0.25) is 0 Å². The highest BCUT2D eigenvalue weighted by atomic mass is 35.5. The van der Waals surface area contributed by atoms with Crippen molar-refractivity contribution in [2.45, 2.75) is 6.92 Å². The van der Waals surface area contributed by atoms with Crippen LogP contribution in [0.3, 0.4) is 0 Å². The number of carbonyl (C=O) groups is 1. The van der Waals surface area contributed by atoms with Gasteiger partial charge in [-0.25, -0.2) is 4.79 Å². The molecule has 0 heterocycles. The van der Waals surface area contributed by atoms with Crippen molar-refractivity contribution in [1.29, 1.82) is 0 Å². The fourth-order valence-electron chi connectivity index (χ4n) is 1.22. The molecule has 0 atom stereocenters. The second kappa shape index (κ2) is 6.13. The normalized spacial score (nSPS) is 12.6. The van der Waals surface area contributed by atoms with Gasteiger partial charge in [0.1, 0.15) is 0 Å². The molecule has 1 aromatic carbocycles. The number of carboxylic acid groups (broad SMARTS) is 1. The third kappa shape index (κ3) is 3.55. The van der Waals surface area contributed by atoms with Gasteiger partial charge in [-0.3, -0.25) is 0 Å². The number of hydrogen-bond donors (Lipinski definition) is 1. The fraction of sp³-hybridized carbons (Fsp3) is 0.154. The van der Waals surface area contributed by atoms with E-state index in [9.17, 15) is 4.79 Å². The first-order valence-electron chi connectivity index (χ1n) is 4.87. The van der Waals surface area contributed by atoms with Gasteiger partial charge in [-0.1, -0.05) is 42.5 Å². The molecule has 2 nitrogen and oxygen atoms in total. The molecule has 0 bridgehead atoms. The molecular weight excluding hydrogens is 224 g/mol. The van der Waals surface area contributed by atoms with Crippen molar-refractivity contribution >= 4 is 23.6 Å². The van der Waals surface area contributed by atoms with Crippen molar-refractivity contribution in [1.82, 2.24) is 0 Å². The first kappa shape index (κ1) is 12.5. The second-order valence-electron chi connectivity index (χ2n) is 3.34. The van der Waals surface area contributed by atoms with Gasteiger partial charge in [0.05, 0.1) is 11.5 Å². The molecule has 0 saturated carbocycles. The first-order valence-corrected chi connectivity index (χ1v) is 5.40. The summed E-state index contributed by atoms with van der Waals surface area (Å²) in [4.78, 5) is 10.8. The SMILES string of the molecule is CC(C=Cc1ccccc1)=C(CCl)C(=O)O. The lowest BCUT2D eigenvalue weighted by atomic mass is 10.1. The van der Waals surface area contributed by atoms with E-state index >= 15 is 0 Å². The summed E-state index contributed by atoms with van der Waals surface area (Å²) >= 11 is 5.57. The minimum atomic E-state index is -0.967. The Bertz CT molecular complexity index is 419. The summed E-state index contributed by atoms with van der Waals surface area (Å²) in [5, 5.41) is 8.86. The summed E-state index contributed by atoms with van der Waals surface area (Å²) < 4.78 is 0. The Morgan fingerprint density at radius 3 is 2.50 bits per heavy atom. The van der Waals surface area contributed by atoms with Gasteiger partial charge in [-0.2, -0.15) is 0 Å². The van der Waals surface area contributed by atoms with Gasteiger partial charge < -0.3 is 5.11 Å². The van der Waals surface area contributed by atoms with E-state index in [1.54, 1.807) is 13.0 Å². The Kier molecular flexibility index (Phi) is 4.80. The van der Waals surface area contributed by atoms with Crippen molar-refractivity contribution in [2.24, 2.45) is 0 Å². The van der Waals surface area contributed by atoms with E-state index in [2.05, 4.69) is 0 Å². The second-order valence-corrected chi connectivity index (χ2v) is 3.61. The van der Waals surface area contributed by atoms with Gasteiger partial charge in [-0.15, -0.1) is 11.6 Å². The summed E-state index contributed by atoms with van der Waals surface area (Å²) in [6.07, 6.45) is 3.63. The van der Waals surface area contributed by atoms with Crippen LogP contribution in [0.25, 0.3) is 6.08 Å². The molecule has 1 aromatic rings. The van der Waals surface area contributed by atoms with E-state index in [0.717, 1.165) is 5.56 Å². The first-order chi connectivity index (χ1) is 7.65. The third-order valence-corrected chi connectivity index (χ3v) is 2.46. The van der Waals surface area contributed by atoms with Crippen LogP contribution >= 0.6 is 11.6 Å². The van der Waals surface area contributed by atoms with Gasteiger partial charge in [0, 0.05) is 0 Å². The van der Waals surface area contributed by atoms with Crippen LogP contribution in [0.15, 0.2) is 47.6 Å². The quantitative estimate of drug-likeness (QED) is 0.495. The summed E-state index contributed by atoms with van der Waals surface area (Å²) in [5.41, 5.74) is 1.93. The molecule has 0 aliphatic carbocycles. The van der Waals surface area contributed by atoms with E-state index in [0.29, 0.717) is 5.57 Å². The largest absolute Gasteiger partial charge is 0.478 e. The van der Waals surface area contributed by atoms with E-state index in [1.165, 1.54) is 0 Å². The highest BCUT2D eigenvalue weighted by Crippen LogP contribution is 2.10. The number of aliphatic carboxylic acids is 1. The van der Waals surface area contributed by atoms with Crippen molar-refractivity contribution in [3.05, 3.63) is 53.1 Å². The molecule has 0 amide bonds. The summed E-state index contributed by atoms with van der Waals surface area (Å²) in [6, 6.07) is 9.69. The van der Waals surface area contributed by atoms with Gasteiger partial charge >= 0.3 is 5.97 Å². The minimum absolute atomic E-state index is 0.0142. The lowest BCUT2D eigenvalue weighted by molar-refractivity contribution is -0.132. The van der Waals surface area contributed by atoms with E-state index in [1.807, 2.05) is 36.4 Å². The zero-order valence-electron chi connectivity index (χ0n) is 8.98. The zero-order chi connectivity index (χ0) is 12.0.